The van der Waals surface area contributed by atoms with Gasteiger partial charge in [0.15, 0.2) is 0 Å². The first-order valence-electron chi connectivity index (χ1n) is 6.98. The van der Waals surface area contributed by atoms with E-state index in [2.05, 4.69) is 48.2 Å². The Morgan fingerprint density at radius 2 is 1.82 bits per heavy atom. The second-order valence-electron chi connectivity index (χ2n) is 6.01. The minimum absolute atomic E-state index is 0.116. The van der Waals surface area contributed by atoms with E-state index in [1.807, 2.05) is 18.4 Å². The van der Waals surface area contributed by atoms with E-state index < -0.39 is 0 Å². The number of hydrogen-bond donors (Lipinski definition) is 0. The number of aryl methyl sites for hydroxylation is 1. The maximum absolute atomic E-state index is 12.1. The zero-order chi connectivity index (χ0) is 16.3. The minimum Gasteiger partial charge on any atom is -0.265 e. The average Bonchev–Trinajstić information content (AvgIpc) is 2.48. The minimum atomic E-state index is -0.248. The van der Waals surface area contributed by atoms with E-state index in [4.69, 9.17) is 0 Å². The van der Waals surface area contributed by atoms with Crippen molar-refractivity contribution in [2.75, 3.05) is 6.26 Å². The molecule has 1 heterocycles. The van der Waals surface area contributed by atoms with E-state index in [0.29, 0.717) is 10.9 Å². The smallest absolute Gasteiger partial charge is 0.265 e. The van der Waals surface area contributed by atoms with E-state index in [-0.39, 0.29) is 11.0 Å². The van der Waals surface area contributed by atoms with Crippen molar-refractivity contribution >= 4 is 18.0 Å². The van der Waals surface area contributed by atoms with Crippen LogP contribution in [-0.4, -0.2) is 27.3 Å². The van der Waals surface area contributed by atoms with Gasteiger partial charge in [-0.05, 0) is 29.7 Å². The van der Waals surface area contributed by atoms with Crippen LogP contribution in [0.25, 0.3) is 0 Å². The van der Waals surface area contributed by atoms with Crippen LogP contribution in [0.2, 0.25) is 0 Å². The molecule has 6 heteroatoms. The zero-order valence-electron chi connectivity index (χ0n) is 13.5. The largest absolute Gasteiger partial charge is 0.296 e. The molecule has 22 heavy (non-hydrogen) atoms. The summed E-state index contributed by atoms with van der Waals surface area (Å²) in [6.07, 6.45) is 3.50. The van der Waals surface area contributed by atoms with Crippen LogP contribution in [-0.2, 0) is 5.41 Å². The molecule has 5 nitrogen and oxygen atoms in total. The van der Waals surface area contributed by atoms with Crippen LogP contribution in [0.1, 0.15) is 37.6 Å². The lowest BCUT2D eigenvalue weighted by Gasteiger charge is -2.18. The maximum atomic E-state index is 12.1. The molecule has 0 unspecified atom stereocenters. The fourth-order valence-electron chi connectivity index (χ4n) is 1.87. The van der Waals surface area contributed by atoms with Crippen molar-refractivity contribution in [3.05, 3.63) is 51.4 Å². The monoisotopic (exact) mass is 316 g/mol. The molecule has 0 bridgehead atoms. The maximum Gasteiger partial charge on any atom is 0.296 e. The standard InChI is InChI=1S/C16H20N4OS/c1-11-14(21)20(15(22-5)19-18-11)17-10-12-6-8-13(9-7-12)16(2,3)4/h6-10H,1-5H3/b17-10+. The Bertz CT molecular complexity index is 742. The third kappa shape index (κ3) is 3.62. The SMILES string of the molecule is CSc1nnc(C)c(=O)n1/N=C/c1ccc(C(C)(C)C)cc1. The number of benzene rings is 1. The molecule has 0 aliphatic rings. The van der Waals surface area contributed by atoms with Crippen molar-refractivity contribution < 1.29 is 0 Å². The van der Waals surface area contributed by atoms with Crippen LogP contribution < -0.4 is 5.56 Å². The second-order valence-corrected chi connectivity index (χ2v) is 6.78. The molecular formula is C16H20N4OS. The number of rotatable bonds is 3. The van der Waals surface area contributed by atoms with Crippen LogP contribution in [0.5, 0.6) is 0 Å². The van der Waals surface area contributed by atoms with E-state index >= 15 is 0 Å². The van der Waals surface area contributed by atoms with Gasteiger partial charge in [0.05, 0.1) is 6.21 Å². The van der Waals surface area contributed by atoms with Crippen LogP contribution in [0.4, 0.5) is 0 Å². The number of aromatic nitrogens is 3. The van der Waals surface area contributed by atoms with Gasteiger partial charge in [-0.15, -0.1) is 10.2 Å². The highest BCUT2D eigenvalue weighted by Gasteiger charge is 2.12. The van der Waals surface area contributed by atoms with Crippen LogP contribution in [0, 0.1) is 6.92 Å². The van der Waals surface area contributed by atoms with Crippen molar-refractivity contribution in [3.63, 3.8) is 0 Å². The third-order valence-corrected chi connectivity index (χ3v) is 3.87. The summed E-state index contributed by atoms with van der Waals surface area (Å²) in [5.74, 6) is 0. The highest BCUT2D eigenvalue weighted by atomic mass is 32.2. The summed E-state index contributed by atoms with van der Waals surface area (Å²) in [4.78, 5) is 12.1. The van der Waals surface area contributed by atoms with Gasteiger partial charge < -0.3 is 0 Å². The van der Waals surface area contributed by atoms with Crippen molar-refractivity contribution in [3.8, 4) is 0 Å². The predicted molar refractivity (Wildman–Crippen MR) is 90.9 cm³/mol. The van der Waals surface area contributed by atoms with E-state index in [1.165, 1.54) is 22.0 Å². The lowest BCUT2D eigenvalue weighted by atomic mass is 9.87. The van der Waals surface area contributed by atoms with Crippen molar-refractivity contribution in [2.45, 2.75) is 38.3 Å². The summed E-state index contributed by atoms with van der Waals surface area (Å²) < 4.78 is 1.28. The summed E-state index contributed by atoms with van der Waals surface area (Å²) in [5.41, 5.74) is 2.39. The van der Waals surface area contributed by atoms with Crippen molar-refractivity contribution in [1.82, 2.24) is 14.9 Å². The van der Waals surface area contributed by atoms with Crippen LogP contribution in [0.3, 0.4) is 0 Å². The van der Waals surface area contributed by atoms with Gasteiger partial charge in [0.1, 0.15) is 5.69 Å². The summed E-state index contributed by atoms with van der Waals surface area (Å²) >= 11 is 1.33. The molecule has 0 fully saturated rings. The second kappa shape index (κ2) is 6.44. The molecule has 2 rings (SSSR count). The van der Waals surface area contributed by atoms with E-state index in [0.717, 1.165) is 5.56 Å². The lowest BCUT2D eigenvalue weighted by molar-refractivity contribution is 0.590. The Hall–Kier alpha value is -1.95. The first-order valence-corrected chi connectivity index (χ1v) is 8.20. The molecule has 0 amide bonds. The van der Waals surface area contributed by atoms with Crippen LogP contribution >= 0.6 is 11.8 Å². The Labute approximate surface area is 134 Å². The molecule has 0 spiro atoms. The highest BCUT2D eigenvalue weighted by molar-refractivity contribution is 7.98. The van der Waals surface area contributed by atoms with E-state index in [1.54, 1.807) is 13.1 Å². The van der Waals surface area contributed by atoms with Crippen LogP contribution in [0.15, 0.2) is 39.3 Å². The number of nitrogens with zero attached hydrogens (tertiary/aromatic N) is 4. The fraction of sp³-hybridized carbons (Fsp3) is 0.375. The lowest BCUT2D eigenvalue weighted by Crippen LogP contribution is -2.23. The van der Waals surface area contributed by atoms with Gasteiger partial charge in [-0.25, -0.2) is 0 Å². The first-order chi connectivity index (χ1) is 10.3. The topological polar surface area (TPSA) is 60.1 Å². The zero-order valence-corrected chi connectivity index (χ0v) is 14.3. The van der Waals surface area contributed by atoms with Crippen molar-refractivity contribution in [1.29, 1.82) is 0 Å². The fourth-order valence-corrected chi connectivity index (χ4v) is 2.29. The predicted octanol–water partition coefficient (Wildman–Crippen LogP) is 2.85. The van der Waals surface area contributed by atoms with E-state index in [9.17, 15) is 4.79 Å². The van der Waals surface area contributed by atoms with Gasteiger partial charge in [0.2, 0.25) is 5.16 Å². The number of thioether (sulfide) groups is 1. The quantitative estimate of drug-likeness (QED) is 0.645. The van der Waals surface area contributed by atoms with Gasteiger partial charge in [0.25, 0.3) is 5.56 Å². The number of hydrogen-bond acceptors (Lipinski definition) is 5. The molecule has 2 aromatic rings. The van der Waals surface area contributed by atoms with Gasteiger partial charge in [-0.1, -0.05) is 56.8 Å². The molecule has 0 saturated heterocycles. The summed E-state index contributed by atoms with van der Waals surface area (Å²) in [7, 11) is 0. The van der Waals surface area contributed by atoms with Gasteiger partial charge >= 0.3 is 0 Å². The van der Waals surface area contributed by atoms with Gasteiger partial charge in [-0.3, -0.25) is 4.79 Å². The van der Waals surface area contributed by atoms with Gasteiger partial charge in [-0.2, -0.15) is 9.78 Å². The summed E-state index contributed by atoms with van der Waals surface area (Å²) in [6.45, 7) is 8.15. The molecule has 0 aliphatic carbocycles. The molecule has 1 aromatic carbocycles. The molecule has 116 valence electrons. The molecule has 1 aromatic heterocycles. The Kier molecular flexibility index (Phi) is 4.81. The Morgan fingerprint density at radius 3 is 2.36 bits per heavy atom. The van der Waals surface area contributed by atoms with Crippen molar-refractivity contribution in [2.24, 2.45) is 5.10 Å². The molecule has 0 aliphatic heterocycles. The molecular weight excluding hydrogens is 296 g/mol. The molecule has 0 saturated carbocycles. The normalized spacial score (nSPS) is 12.0. The first kappa shape index (κ1) is 16.4. The summed E-state index contributed by atoms with van der Waals surface area (Å²) in [6, 6.07) is 8.15. The highest BCUT2D eigenvalue weighted by Crippen LogP contribution is 2.21. The average molecular weight is 316 g/mol. The van der Waals surface area contributed by atoms with Gasteiger partial charge in [0, 0.05) is 0 Å². The summed E-state index contributed by atoms with van der Waals surface area (Å²) in [5, 5.41) is 12.5. The molecule has 0 radical (unpaired) electrons. The third-order valence-electron chi connectivity index (χ3n) is 3.25. The molecule has 0 N–H and O–H groups in total. The Balaban J connectivity index is 2.33. The molecule has 0 atom stereocenters. The Morgan fingerprint density at radius 1 is 1.18 bits per heavy atom.